The van der Waals surface area contributed by atoms with E-state index in [4.69, 9.17) is 4.74 Å². The fourth-order valence-electron chi connectivity index (χ4n) is 3.02. The second-order valence-corrected chi connectivity index (χ2v) is 7.08. The third-order valence-electron chi connectivity index (χ3n) is 4.89. The molecule has 5 nitrogen and oxygen atoms in total. The number of carbonyl (C=O) groups excluding carboxylic acids is 2. The summed E-state index contributed by atoms with van der Waals surface area (Å²) in [6.07, 6.45) is 2.49. The summed E-state index contributed by atoms with van der Waals surface area (Å²) in [6, 6.07) is 17.1. The molecular formula is C24H32N2O3. The molecule has 0 heterocycles. The number of hydrogen-bond donors (Lipinski definition) is 1. The minimum absolute atomic E-state index is 0.0916. The van der Waals surface area contributed by atoms with Crippen LogP contribution in [0.4, 0.5) is 0 Å². The Balaban J connectivity index is 2.02. The van der Waals surface area contributed by atoms with E-state index >= 15 is 0 Å². The van der Waals surface area contributed by atoms with Gasteiger partial charge in [-0.05, 0) is 49.4 Å². The summed E-state index contributed by atoms with van der Waals surface area (Å²) in [5.74, 6) is 0.321. The van der Waals surface area contributed by atoms with Crippen LogP contribution >= 0.6 is 0 Å². The van der Waals surface area contributed by atoms with Gasteiger partial charge in [-0.25, -0.2) is 0 Å². The zero-order valence-corrected chi connectivity index (χ0v) is 17.7. The molecule has 0 fully saturated rings. The van der Waals surface area contributed by atoms with Gasteiger partial charge in [0.25, 0.3) is 5.91 Å². The molecule has 29 heavy (non-hydrogen) atoms. The van der Waals surface area contributed by atoms with E-state index < -0.39 is 6.04 Å². The van der Waals surface area contributed by atoms with Gasteiger partial charge >= 0.3 is 0 Å². The van der Waals surface area contributed by atoms with E-state index in [9.17, 15) is 9.59 Å². The third kappa shape index (κ3) is 7.26. The van der Waals surface area contributed by atoms with Crippen molar-refractivity contribution in [3.8, 4) is 5.75 Å². The highest BCUT2D eigenvalue weighted by Crippen LogP contribution is 2.13. The smallest absolute Gasteiger partial charge is 0.261 e. The Hall–Kier alpha value is -2.82. The molecule has 0 radical (unpaired) electrons. The van der Waals surface area contributed by atoms with Gasteiger partial charge in [0.05, 0.1) is 0 Å². The number of carbonyl (C=O) groups is 2. The Morgan fingerprint density at radius 1 is 1.00 bits per heavy atom. The van der Waals surface area contributed by atoms with Crippen molar-refractivity contribution in [1.82, 2.24) is 10.2 Å². The lowest BCUT2D eigenvalue weighted by Crippen LogP contribution is -2.50. The minimum Gasteiger partial charge on any atom is -0.484 e. The van der Waals surface area contributed by atoms with Gasteiger partial charge < -0.3 is 15.0 Å². The summed E-state index contributed by atoms with van der Waals surface area (Å²) in [6.45, 7) is 6.83. The van der Waals surface area contributed by atoms with Gasteiger partial charge in [-0.1, -0.05) is 56.3 Å². The van der Waals surface area contributed by atoms with Crippen LogP contribution < -0.4 is 10.1 Å². The molecule has 1 N–H and O–H groups in total. The summed E-state index contributed by atoms with van der Waals surface area (Å²) in [7, 11) is 0. The normalized spacial score (nSPS) is 11.6. The Kier molecular flexibility index (Phi) is 9.22. The SMILES string of the molecule is CCCNC(=O)C(C)N(CCc1ccccc1)C(=O)COc1ccc(CC)cc1. The number of ether oxygens (including phenoxy) is 1. The van der Waals surface area contributed by atoms with Crippen LogP contribution in [0.15, 0.2) is 54.6 Å². The van der Waals surface area contributed by atoms with Crippen LogP contribution in [-0.4, -0.2) is 42.5 Å². The van der Waals surface area contributed by atoms with Crippen LogP contribution in [0.3, 0.4) is 0 Å². The molecule has 0 aromatic heterocycles. The van der Waals surface area contributed by atoms with Crippen LogP contribution in [-0.2, 0) is 22.4 Å². The van der Waals surface area contributed by atoms with Gasteiger partial charge in [0.2, 0.25) is 5.91 Å². The van der Waals surface area contributed by atoms with Crippen molar-refractivity contribution < 1.29 is 14.3 Å². The van der Waals surface area contributed by atoms with Crippen molar-refractivity contribution in [1.29, 1.82) is 0 Å². The van der Waals surface area contributed by atoms with Gasteiger partial charge in [-0.15, -0.1) is 0 Å². The van der Waals surface area contributed by atoms with Crippen LogP contribution in [0.25, 0.3) is 0 Å². The zero-order valence-electron chi connectivity index (χ0n) is 17.7. The molecule has 0 aliphatic rings. The molecule has 0 saturated heterocycles. The van der Waals surface area contributed by atoms with E-state index in [-0.39, 0.29) is 18.4 Å². The molecule has 1 unspecified atom stereocenters. The van der Waals surface area contributed by atoms with Crippen LogP contribution in [0.1, 0.15) is 38.3 Å². The number of benzene rings is 2. The minimum atomic E-state index is -0.552. The van der Waals surface area contributed by atoms with E-state index in [1.165, 1.54) is 5.56 Å². The van der Waals surface area contributed by atoms with Crippen molar-refractivity contribution in [3.63, 3.8) is 0 Å². The summed E-state index contributed by atoms with van der Waals surface area (Å²) in [4.78, 5) is 27.0. The van der Waals surface area contributed by atoms with Crippen LogP contribution in [0, 0.1) is 0 Å². The number of rotatable bonds is 11. The largest absolute Gasteiger partial charge is 0.484 e. The number of hydrogen-bond acceptors (Lipinski definition) is 3. The summed E-state index contributed by atoms with van der Waals surface area (Å²) >= 11 is 0. The number of aryl methyl sites for hydroxylation is 1. The average molecular weight is 397 g/mol. The van der Waals surface area contributed by atoms with Gasteiger partial charge in [0.1, 0.15) is 11.8 Å². The van der Waals surface area contributed by atoms with Gasteiger partial charge in [-0.3, -0.25) is 9.59 Å². The Bertz CT molecular complexity index is 759. The van der Waals surface area contributed by atoms with E-state index in [0.29, 0.717) is 25.3 Å². The van der Waals surface area contributed by atoms with Crippen LogP contribution in [0.5, 0.6) is 5.75 Å². The Morgan fingerprint density at radius 2 is 1.69 bits per heavy atom. The quantitative estimate of drug-likeness (QED) is 0.631. The Morgan fingerprint density at radius 3 is 2.31 bits per heavy atom. The number of amides is 2. The summed E-state index contributed by atoms with van der Waals surface area (Å²) in [5, 5.41) is 2.88. The molecule has 2 rings (SSSR count). The Labute approximate surface area is 174 Å². The van der Waals surface area contributed by atoms with Crippen molar-refractivity contribution in [2.24, 2.45) is 0 Å². The maximum Gasteiger partial charge on any atom is 0.261 e. The topological polar surface area (TPSA) is 58.6 Å². The predicted molar refractivity (Wildman–Crippen MR) is 116 cm³/mol. The number of nitrogens with one attached hydrogen (secondary N) is 1. The molecular weight excluding hydrogens is 364 g/mol. The standard InChI is InChI=1S/C24H32N2O3/c1-4-16-25-24(28)19(3)26(17-15-21-9-7-6-8-10-21)23(27)18-29-22-13-11-20(5-2)12-14-22/h6-14,19H,4-5,15-18H2,1-3H3,(H,25,28). The lowest BCUT2D eigenvalue weighted by atomic mass is 10.1. The highest BCUT2D eigenvalue weighted by molar-refractivity contribution is 5.87. The maximum atomic E-state index is 12.9. The first-order valence-electron chi connectivity index (χ1n) is 10.4. The fourth-order valence-corrected chi connectivity index (χ4v) is 3.02. The molecule has 0 aliphatic carbocycles. The van der Waals surface area contributed by atoms with E-state index in [1.807, 2.05) is 61.5 Å². The first-order chi connectivity index (χ1) is 14.0. The van der Waals surface area contributed by atoms with Gasteiger partial charge in [0.15, 0.2) is 6.61 Å². The first-order valence-corrected chi connectivity index (χ1v) is 10.4. The van der Waals surface area contributed by atoms with Crippen molar-refractivity contribution >= 4 is 11.8 Å². The average Bonchev–Trinajstić information content (AvgIpc) is 2.77. The first kappa shape index (κ1) is 22.5. The molecule has 0 spiro atoms. The van der Waals surface area contributed by atoms with E-state index in [0.717, 1.165) is 18.4 Å². The highest BCUT2D eigenvalue weighted by atomic mass is 16.5. The van der Waals surface area contributed by atoms with Gasteiger partial charge in [-0.2, -0.15) is 0 Å². The van der Waals surface area contributed by atoms with Gasteiger partial charge in [0, 0.05) is 13.1 Å². The van der Waals surface area contributed by atoms with Crippen LogP contribution in [0.2, 0.25) is 0 Å². The van der Waals surface area contributed by atoms with E-state index in [1.54, 1.807) is 11.8 Å². The maximum absolute atomic E-state index is 12.9. The monoisotopic (exact) mass is 396 g/mol. The molecule has 2 aromatic carbocycles. The molecule has 0 aliphatic heterocycles. The molecule has 1 atom stereocenters. The molecule has 0 bridgehead atoms. The van der Waals surface area contributed by atoms with Crippen molar-refractivity contribution in [2.75, 3.05) is 19.7 Å². The lowest BCUT2D eigenvalue weighted by Gasteiger charge is -2.28. The second-order valence-electron chi connectivity index (χ2n) is 7.08. The molecule has 0 saturated carbocycles. The second kappa shape index (κ2) is 11.9. The molecule has 2 aromatic rings. The molecule has 156 valence electrons. The fraction of sp³-hybridized carbons (Fsp3) is 0.417. The molecule has 5 heteroatoms. The lowest BCUT2D eigenvalue weighted by molar-refractivity contribution is -0.141. The zero-order chi connectivity index (χ0) is 21.1. The third-order valence-corrected chi connectivity index (χ3v) is 4.89. The van der Waals surface area contributed by atoms with Crippen molar-refractivity contribution in [3.05, 3.63) is 65.7 Å². The summed E-state index contributed by atoms with van der Waals surface area (Å²) < 4.78 is 5.69. The predicted octanol–water partition coefficient (Wildman–Crippen LogP) is 3.61. The van der Waals surface area contributed by atoms with Crippen molar-refractivity contribution in [2.45, 2.75) is 46.1 Å². The molecule has 2 amide bonds. The number of nitrogens with zero attached hydrogens (tertiary/aromatic N) is 1. The highest BCUT2D eigenvalue weighted by Gasteiger charge is 2.25. The summed E-state index contributed by atoms with van der Waals surface area (Å²) in [5.41, 5.74) is 2.34. The van der Waals surface area contributed by atoms with E-state index in [2.05, 4.69) is 12.2 Å².